The van der Waals surface area contributed by atoms with Gasteiger partial charge in [0.2, 0.25) is 5.91 Å². The summed E-state index contributed by atoms with van der Waals surface area (Å²) in [7, 11) is 1.22. The van der Waals surface area contributed by atoms with E-state index < -0.39 is 18.2 Å². The third-order valence-electron chi connectivity index (χ3n) is 4.09. The van der Waals surface area contributed by atoms with E-state index in [9.17, 15) is 14.4 Å². The van der Waals surface area contributed by atoms with Crippen LogP contribution in [-0.2, 0) is 9.53 Å². The zero-order chi connectivity index (χ0) is 20.4. The van der Waals surface area contributed by atoms with E-state index in [2.05, 4.69) is 31.4 Å². The van der Waals surface area contributed by atoms with Crippen LogP contribution in [0.5, 0.6) is 0 Å². The van der Waals surface area contributed by atoms with Crippen LogP contribution in [0.1, 0.15) is 29.8 Å². The molecule has 10 nitrogen and oxygen atoms in total. The number of unbranched alkanes of at least 4 members (excludes halogenated alkanes) is 1. The molecule has 0 aromatic carbocycles. The zero-order valence-electron chi connectivity index (χ0n) is 15.5. The summed E-state index contributed by atoms with van der Waals surface area (Å²) in [5.41, 5.74) is 0.233. The van der Waals surface area contributed by atoms with Crippen LogP contribution in [0.3, 0.4) is 0 Å². The first-order valence-corrected chi connectivity index (χ1v) is 9.88. The lowest BCUT2D eigenvalue weighted by Gasteiger charge is -2.25. The smallest absolute Gasteiger partial charge is 0.407 e. The Balaban J connectivity index is 1.82. The molecule has 1 aromatic rings. The van der Waals surface area contributed by atoms with Crippen molar-refractivity contribution in [3.63, 3.8) is 0 Å². The van der Waals surface area contributed by atoms with E-state index in [-0.39, 0.29) is 17.5 Å². The van der Waals surface area contributed by atoms with Gasteiger partial charge in [0.15, 0.2) is 0 Å². The number of ether oxygens (including phenoxy) is 1. The van der Waals surface area contributed by atoms with E-state index in [1.165, 1.54) is 42.4 Å². The second-order valence-corrected chi connectivity index (χ2v) is 6.98. The molecule has 1 saturated heterocycles. The van der Waals surface area contributed by atoms with E-state index in [1.807, 2.05) is 0 Å². The summed E-state index contributed by atoms with van der Waals surface area (Å²) in [4.78, 5) is 45.4. The third kappa shape index (κ3) is 6.09. The Hall–Kier alpha value is -2.87. The van der Waals surface area contributed by atoms with Crippen LogP contribution >= 0.6 is 11.8 Å². The standard InChI is InChI=1S/C17H22N6O4S/c1-27-17(26)22-13(16(25)23-11-28-10-12(23)8-18)4-2-3-5-21-15(24)14-9-19-6-7-20-14/h6-7,9,12-13H,2-5,10-11H2,1H3,(H,21,24)(H,22,26)/t12-,13+/m1/s1. The third-order valence-corrected chi connectivity index (χ3v) is 5.10. The van der Waals surface area contributed by atoms with Gasteiger partial charge in [-0.3, -0.25) is 14.6 Å². The molecule has 11 heteroatoms. The van der Waals surface area contributed by atoms with E-state index in [0.29, 0.717) is 37.4 Å². The monoisotopic (exact) mass is 406 g/mol. The Bertz CT molecular complexity index is 726. The molecule has 28 heavy (non-hydrogen) atoms. The van der Waals surface area contributed by atoms with Gasteiger partial charge in [-0.15, -0.1) is 11.8 Å². The highest BCUT2D eigenvalue weighted by atomic mass is 32.2. The van der Waals surface area contributed by atoms with Crippen molar-refractivity contribution < 1.29 is 19.1 Å². The SMILES string of the molecule is COC(=O)N[C@@H](CCCCNC(=O)c1cnccn1)C(=O)N1CSC[C@H]1C#N. The van der Waals surface area contributed by atoms with Gasteiger partial charge in [-0.2, -0.15) is 5.26 Å². The number of aromatic nitrogens is 2. The number of rotatable bonds is 8. The molecule has 150 valence electrons. The van der Waals surface area contributed by atoms with Gasteiger partial charge in [0.25, 0.3) is 5.91 Å². The maximum Gasteiger partial charge on any atom is 0.407 e. The first kappa shape index (κ1) is 21.4. The minimum Gasteiger partial charge on any atom is -0.453 e. The molecule has 0 radical (unpaired) electrons. The molecule has 2 N–H and O–H groups in total. The molecular formula is C17H22N6O4S. The average Bonchev–Trinajstić information content (AvgIpc) is 3.21. The number of nitriles is 1. The van der Waals surface area contributed by atoms with Crippen LogP contribution in [0.25, 0.3) is 0 Å². The molecule has 1 fully saturated rings. The van der Waals surface area contributed by atoms with Crippen molar-refractivity contribution in [1.29, 1.82) is 5.26 Å². The summed E-state index contributed by atoms with van der Waals surface area (Å²) in [6.45, 7) is 0.398. The number of nitrogens with zero attached hydrogens (tertiary/aromatic N) is 4. The second-order valence-electron chi connectivity index (χ2n) is 5.98. The highest BCUT2D eigenvalue weighted by Gasteiger charge is 2.34. The quantitative estimate of drug-likeness (QED) is 0.596. The first-order chi connectivity index (χ1) is 13.6. The van der Waals surface area contributed by atoms with Gasteiger partial charge >= 0.3 is 6.09 Å². The van der Waals surface area contributed by atoms with Crippen molar-refractivity contribution in [3.05, 3.63) is 24.3 Å². The van der Waals surface area contributed by atoms with Crippen LogP contribution in [0.2, 0.25) is 0 Å². The van der Waals surface area contributed by atoms with Crippen molar-refractivity contribution in [2.75, 3.05) is 25.3 Å². The largest absolute Gasteiger partial charge is 0.453 e. The highest BCUT2D eigenvalue weighted by molar-refractivity contribution is 7.99. The summed E-state index contributed by atoms with van der Waals surface area (Å²) in [6, 6.07) is 0.829. The molecule has 1 aromatic heterocycles. The Morgan fingerprint density at radius 2 is 2.25 bits per heavy atom. The van der Waals surface area contributed by atoms with E-state index >= 15 is 0 Å². The number of amides is 3. The van der Waals surface area contributed by atoms with E-state index in [0.717, 1.165) is 0 Å². The fraction of sp³-hybridized carbons (Fsp3) is 0.529. The molecule has 1 aliphatic heterocycles. The molecular weight excluding hydrogens is 384 g/mol. The molecule has 2 heterocycles. The molecule has 0 bridgehead atoms. The Morgan fingerprint density at radius 1 is 1.43 bits per heavy atom. The van der Waals surface area contributed by atoms with Crippen LogP contribution in [0.15, 0.2) is 18.6 Å². The lowest BCUT2D eigenvalue weighted by Crippen LogP contribution is -2.50. The minimum atomic E-state index is -0.780. The first-order valence-electron chi connectivity index (χ1n) is 8.73. The number of nitrogens with one attached hydrogen (secondary N) is 2. The summed E-state index contributed by atoms with van der Waals surface area (Å²) in [5.74, 6) is 0.358. The van der Waals surface area contributed by atoms with Gasteiger partial charge in [-0.1, -0.05) is 0 Å². The summed E-state index contributed by atoms with van der Waals surface area (Å²) in [5, 5.41) is 14.4. The predicted molar refractivity (Wildman–Crippen MR) is 101 cm³/mol. The van der Waals surface area contributed by atoms with Gasteiger partial charge in [-0.05, 0) is 19.3 Å². The van der Waals surface area contributed by atoms with Gasteiger partial charge in [0, 0.05) is 24.7 Å². The molecule has 2 atom stereocenters. The number of hydrogen-bond donors (Lipinski definition) is 2. The Labute approximate surface area is 167 Å². The van der Waals surface area contributed by atoms with Crippen molar-refractivity contribution >= 4 is 29.7 Å². The van der Waals surface area contributed by atoms with Gasteiger partial charge in [0.1, 0.15) is 17.8 Å². The summed E-state index contributed by atoms with van der Waals surface area (Å²) >= 11 is 1.50. The fourth-order valence-corrected chi connectivity index (χ4v) is 3.69. The van der Waals surface area contributed by atoms with Crippen LogP contribution in [0, 0.1) is 11.3 Å². The van der Waals surface area contributed by atoms with Crippen molar-refractivity contribution in [3.8, 4) is 6.07 Å². The number of carbonyl (C=O) groups excluding carboxylic acids is 3. The molecule has 0 aliphatic carbocycles. The van der Waals surface area contributed by atoms with E-state index in [1.54, 1.807) is 0 Å². The Morgan fingerprint density at radius 3 is 2.93 bits per heavy atom. The summed E-state index contributed by atoms with van der Waals surface area (Å²) in [6.07, 6.45) is 5.16. The maximum absolute atomic E-state index is 12.7. The normalized spacial score (nSPS) is 16.7. The van der Waals surface area contributed by atoms with Crippen LogP contribution < -0.4 is 10.6 Å². The molecule has 0 saturated carbocycles. The second kappa shape index (κ2) is 11.1. The lowest BCUT2D eigenvalue weighted by atomic mass is 10.1. The number of methoxy groups -OCH3 is 1. The van der Waals surface area contributed by atoms with Gasteiger partial charge < -0.3 is 20.3 Å². The number of alkyl carbamates (subject to hydrolysis) is 1. The molecule has 0 unspecified atom stereocenters. The molecule has 0 spiro atoms. The predicted octanol–water partition coefficient (Wildman–Crippen LogP) is 0.526. The van der Waals surface area contributed by atoms with E-state index in [4.69, 9.17) is 5.26 Å². The average molecular weight is 406 g/mol. The number of thioether (sulfide) groups is 1. The highest BCUT2D eigenvalue weighted by Crippen LogP contribution is 2.22. The minimum absolute atomic E-state index is 0.233. The van der Waals surface area contributed by atoms with Crippen molar-refractivity contribution in [2.45, 2.75) is 31.3 Å². The molecule has 3 amide bonds. The maximum atomic E-state index is 12.7. The molecule has 2 rings (SSSR count). The van der Waals surface area contributed by atoms with Crippen molar-refractivity contribution in [1.82, 2.24) is 25.5 Å². The zero-order valence-corrected chi connectivity index (χ0v) is 16.3. The molecule has 1 aliphatic rings. The van der Waals surface area contributed by atoms with Gasteiger partial charge in [-0.25, -0.2) is 9.78 Å². The summed E-state index contributed by atoms with van der Waals surface area (Å²) < 4.78 is 4.59. The van der Waals surface area contributed by atoms with Crippen LogP contribution in [-0.4, -0.2) is 70.1 Å². The lowest BCUT2D eigenvalue weighted by molar-refractivity contribution is -0.133. The fourth-order valence-electron chi connectivity index (χ4n) is 2.61. The Kier molecular flexibility index (Phi) is 8.48. The number of hydrogen-bond acceptors (Lipinski definition) is 8. The topological polar surface area (TPSA) is 137 Å². The van der Waals surface area contributed by atoms with Crippen LogP contribution in [0.4, 0.5) is 4.79 Å². The van der Waals surface area contributed by atoms with Crippen molar-refractivity contribution in [2.24, 2.45) is 0 Å². The number of carbonyl (C=O) groups is 3. The van der Waals surface area contributed by atoms with Gasteiger partial charge in [0.05, 0.1) is 25.3 Å².